The third kappa shape index (κ3) is 5.61. The lowest BCUT2D eigenvalue weighted by atomic mass is 10.1. The van der Waals surface area contributed by atoms with Crippen LogP contribution < -0.4 is 15.5 Å². The summed E-state index contributed by atoms with van der Waals surface area (Å²) in [6.45, 7) is 5.65. The monoisotopic (exact) mass is 400 g/mol. The maximum absolute atomic E-state index is 12.1. The average molecular weight is 401 g/mol. The lowest BCUT2D eigenvalue weighted by Crippen LogP contribution is -2.45. The van der Waals surface area contributed by atoms with Crippen LogP contribution in [0, 0.1) is 0 Å². The third-order valence-electron chi connectivity index (χ3n) is 5.41. The summed E-state index contributed by atoms with van der Waals surface area (Å²) in [6, 6.07) is 28.4. The summed E-state index contributed by atoms with van der Waals surface area (Å²) in [5.74, 6) is 0. The SMILES string of the molecule is O=C(NCc1ccccc1)Nc1ccc(CN2CCN(c3ccccc3)CC2)cc1. The van der Waals surface area contributed by atoms with Crippen LogP contribution in [0.25, 0.3) is 0 Å². The molecule has 4 rings (SSSR count). The Kier molecular flexibility index (Phi) is 6.62. The van der Waals surface area contributed by atoms with Crippen molar-refractivity contribution in [2.24, 2.45) is 0 Å². The van der Waals surface area contributed by atoms with Gasteiger partial charge in [-0.15, -0.1) is 0 Å². The first-order chi connectivity index (χ1) is 14.8. The summed E-state index contributed by atoms with van der Waals surface area (Å²) >= 11 is 0. The normalized spacial score (nSPS) is 14.3. The molecule has 0 radical (unpaired) electrons. The van der Waals surface area contributed by atoms with Gasteiger partial charge >= 0.3 is 6.03 Å². The van der Waals surface area contributed by atoms with Gasteiger partial charge in [-0.1, -0.05) is 60.7 Å². The number of rotatable bonds is 6. The minimum Gasteiger partial charge on any atom is -0.369 e. The molecule has 154 valence electrons. The molecular weight excluding hydrogens is 372 g/mol. The molecule has 5 heteroatoms. The fraction of sp³-hybridized carbons (Fsp3) is 0.240. The molecule has 0 atom stereocenters. The number of hydrogen-bond acceptors (Lipinski definition) is 3. The molecule has 1 fully saturated rings. The topological polar surface area (TPSA) is 47.6 Å². The van der Waals surface area contributed by atoms with Crippen molar-refractivity contribution in [1.29, 1.82) is 0 Å². The molecule has 30 heavy (non-hydrogen) atoms. The maximum Gasteiger partial charge on any atom is 0.319 e. The number of urea groups is 1. The van der Waals surface area contributed by atoms with Gasteiger partial charge in [0.05, 0.1) is 0 Å². The zero-order chi connectivity index (χ0) is 20.6. The lowest BCUT2D eigenvalue weighted by molar-refractivity contribution is 0.250. The molecule has 2 N–H and O–H groups in total. The second-order valence-corrected chi connectivity index (χ2v) is 7.59. The lowest BCUT2D eigenvalue weighted by Gasteiger charge is -2.36. The van der Waals surface area contributed by atoms with Crippen molar-refractivity contribution >= 4 is 17.4 Å². The Morgan fingerprint density at radius 3 is 2.03 bits per heavy atom. The maximum atomic E-state index is 12.1. The van der Waals surface area contributed by atoms with Crippen LogP contribution in [0.3, 0.4) is 0 Å². The number of anilines is 2. The van der Waals surface area contributed by atoms with Crippen LogP contribution >= 0.6 is 0 Å². The average Bonchev–Trinajstić information content (AvgIpc) is 2.81. The predicted molar refractivity (Wildman–Crippen MR) is 123 cm³/mol. The van der Waals surface area contributed by atoms with E-state index >= 15 is 0 Å². The van der Waals surface area contributed by atoms with E-state index in [0.717, 1.165) is 44.0 Å². The second-order valence-electron chi connectivity index (χ2n) is 7.59. The number of hydrogen-bond donors (Lipinski definition) is 2. The van der Waals surface area contributed by atoms with Crippen LogP contribution in [0.4, 0.5) is 16.2 Å². The van der Waals surface area contributed by atoms with Crippen molar-refractivity contribution < 1.29 is 4.79 Å². The molecule has 3 aromatic carbocycles. The van der Waals surface area contributed by atoms with Gasteiger partial charge in [0.1, 0.15) is 0 Å². The first-order valence-corrected chi connectivity index (χ1v) is 10.5. The van der Waals surface area contributed by atoms with Crippen LogP contribution in [-0.4, -0.2) is 37.1 Å². The van der Waals surface area contributed by atoms with Crippen LogP contribution in [0.2, 0.25) is 0 Å². The van der Waals surface area contributed by atoms with Crippen molar-refractivity contribution in [3.05, 3.63) is 96.1 Å². The molecule has 1 aliphatic heterocycles. The zero-order valence-electron chi connectivity index (χ0n) is 17.1. The van der Waals surface area contributed by atoms with Crippen molar-refractivity contribution in [3.8, 4) is 0 Å². The van der Waals surface area contributed by atoms with Gasteiger partial charge in [0.25, 0.3) is 0 Å². The fourth-order valence-corrected chi connectivity index (χ4v) is 3.71. The van der Waals surface area contributed by atoms with E-state index in [4.69, 9.17) is 0 Å². The summed E-state index contributed by atoms with van der Waals surface area (Å²) in [5.41, 5.74) is 4.45. The highest BCUT2D eigenvalue weighted by atomic mass is 16.2. The Bertz CT molecular complexity index is 920. The molecule has 0 aromatic heterocycles. The number of benzene rings is 3. The van der Waals surface area contributed by atoms with Gasteiger partial charge in [0.2, 0.25) is 0 Å². The third-order valence-corrected chi connectivity index (χ3v) is 5.41. The van der Waals surface area contributed by atoms with Gasteiger partial charge in [-0.25, -0.2) is 4.79 Å². The summed E-state index contributed by atoms with van der Waals surface area (Å²) in [5, 5.41) is 5.78. The van der Waals surface area contributed by atoms with E-state index in [2.05, 4.69) is 62.9 Å². The quantitative estimate of drug-likeness (QED) is 0.647. The van der Waals surface area contributed by atoms with E-state index in [9.17, 15) is 4.79 Å². The highest BCUT2D eigenvalue weighted by Gasteiger charge is 2.17. The number of nitrogens with zero attached hydrogens (tertiary/aromatic N) is 2. The summed E-state index contributed by atoms with van der Waals surface area (Å²) < 4.78 is 0. The predicted octanol–water partition coefficient (Wildman–Crippen LogP) is 4.33. The van der Waals surface area contributed by atoms with Crippen LogP contribution in [0.5, 0.6) is 0 Å². The Hall–Kier alpha value is -3.31. The molecule has 1 heterocycles. The van der Waals surface area contributed by atoms with Gasteiger partial charge in [-0.05, 0) is 35.4 Å². The van der Waals surface area contributed by atoms with Gasteiger partial charge in [-0.3, -0.25) is 4.90 Å². The number of piperazine rings is 1. The summed E-state index contributed by atoms with van der Waals surface area (Å²) in [4.78, 5) is 17.0. The summed E-state index contributed by atoms with van der Waals surface area (Å²) in [7, 11) is 0. The van der Waals surface area contributed by atoms with Gasteiger partial charge in [0.15, 0.2) is 0 Å². The van der Waals surface area contributed by atoms with E-state index < -0.39 is 0 Å². The van der Waals surface area contributed by atoms with Gasteiger partial charge in [0, 0.05) is 50.6 Å². The molecule has 3 aromatic rings. The smallest absolute Gasteiger partial charge is 0.319 e. The minimum absolute atomic E-state index is 0.191. The summed E-state index contributed by atoms with van der Waals surface area (Å²) in [6.07, 6.45) is 0. The Morgan fingerprint density at radius 1 is 0.733 bits per heavy atom. The number of amides is 2. The number of carbonyl (C=O) groups excluding carboxylic acids is 1. The number of carbonyl (C=O) groups is 1. The van der Waals surface area contributed by atoms with Crippen LogP contribution in [-0.2, 0) is 13.1 Å². The Labute approximate surface area is 178 Å². The van der Waals surface area contributed by atoms with Gasteiger partial charge in [-0.2, -0.15) is 0 Å². The standard InChI is InChI=1S/C25H28N4O/c30-25(26-19-21-7-3-1-4-8-21)27-23-13-11-22(12-14-23)20-28-15-17-29(18-16-28)24-9-5-2-6-10-24/h1-14H,15-20H2,(H2,26,27,30). The largest absolute Gasteiger partial charge is 0.369 e. The van der Waals surface area contributed by atoms with Crippen molar-refractivity contribution in [1.82, 2.24) is 10.2 Å². The number of para-hydroxylation sites is 1. The fourth-order valence-electron chi connectivity index (χ4n) is 3.71. The Balaban J connectivity index is 1.22. The number of nitrogens with one attached hydrogen (secondary N) is 2. The van der Waals surface area contributed by atoms with Crippen molar-refractivity contribution in [2.75, 3.05) is 36.4 Å². The second kappa shape index (κ2) is 9.94. The molecule has 0 unspecified atom stereocenters. The molecule has 1 saturated heterocycles. The highest BCUT2D eigenvalue weighted by Crippen LogP contribution is 2.17. The van der Waals surface area contributed by atoms with E-state index in [1.807, 2.05) is 42.5 Å². The minimum atomic E-state index is -0.191. The zero-order valence-corrected chi connectivity index (χ0v) is 17.1. The van der Waals surface area contributed by atoms with Crippen LogP contribution in [0.1, 0.15) is 11.1 Å². The van der Waals surface area contributed by atoms with E-state index in [1.54, 1.807) is 0 Å². The molecule has 2 amide bonds. The van der Waals surface area contributed by atoms with E-state index in [1.165, 1.54) is 11.3 Å². The highest BCUT2D eigenvalue weighted by molar-refractivity contribution is 5.89. The molecule has 0 spiro atoms. The van der Waals surface area contributed by atoms with Crippen molar-refractivity contribution in [3.63, 3.8) is 0 Å². The molecule has 0 saturated carbocycles. The first kappa shape index (κ1) is 20.0. The molecule has 5 nitrogen and oxygen atoms in total. The van der Waals surface area contributed by atoms with E-state index in [0.29, 0.717) is 6.54 Å². The van der Waals surface area contributed by atoms with Crippen LogP contribution in [0.15, 0.2) is 84.9 Å². The molecule has 1 aliphatic rings. The first-order valence-electron chi connectivity index (χ1n) is 10.5. The van der Waals surface area contributed by atoms with E-state index in [-0.39, 0.29) is 6.03 Å². The molecule has 0 bridgehead atoms. The Morgan fingerprint density at radius 2 is 1.37 bits per heavy atom. The van der Waals surface area contributed by atoms with Crippen molar-refractivity contribution in [2.45, 2.75) is 13.1 Å². The van der Waals surface area contributed by atoms with Gasteiger partial charge < -0.3 is 15.5 Å². The molecule has 0 aliphatic carbocycles. The molecular formula is C25H28N4O.